The Morgan fingerprint density at radius 2 is 1.83 bits per heavy atom. The predicted octanol–water partition coefficient (Wildman–Crippen LogP) is 2.56. The predicted molar refractivity (Wildman–Crippen MR) is 60.6 cm³/mol. The van der Waals surface area contributed by atoms with Gasteiger partial charge in [-0.15, -0.1) is 0 Å². The summed E-state index contributed by atoms with van der Waals surface area (Å²) >= 11 is 0. The van der Waals surface area contributed by atoms with Crippen LogP contribution in [0.5, 0.6) is 5.88 Å². The number of amidine groups is 1. The molecule has 0 radical (unpaired) electrons. The fourth-order valence-electron chi connectivity index (χ4n) is 1.17. The van der Waals surface area contributed by atoms with Crippen LogP contribution in [0.2, 0.25) is 0 Å². The van der Waals surface area contributed by atoms with E-state index in [0.29, 0.717) is 0 Å². The monoisotopic (exact) mass is 261 g/mol. The zero-order chi connectivity index (χ0) is 14.1. The van der Waals surface area contributed by atoms with Crippen molar-refractivity contribution in [2.24, 2.45) is 5.73 Å². The molecule has 1 aromatic heterocycles. The van der Waals surface area contributed by atoms with Crippen LogP contribution in [0.15, 0.2) is 12.1 Å². The Labute approximate surface area is 102 Å². The molecule has 0 aliphatic carbocycles. The molecule has 0 amide bonds. The third kappa shape index (κ3) is 3.61. The second kappa shape index (κ2) is 4.47. The lowest BCUT2D eigenvalue weighted by Gasteiger charge is -2.22. The third-order valence-corrected chi connectivity index (χ3v) is 1.84. The van der Waals surface area contributed by atoms with Crippen LogP contribution in [0.1, 0.15) is 32.0 Å². The van der Waals surface area contributed by atoms with E-state index in [4.69, 9.17) is 15.9 Å². The highest BCUT2D eigenvalue weighted by atomic mass is 19.4. The van der Waals surface area contributed by atoms with Crippen molar-refractivity contribution in [3.63, 3.8) is 0 Å². The number of nitrogens with two attached hydrogens (primary N) is 1. The lowest BCUT2D eigenvalue weighted by Crippen LogP contribution is -2.26. The van der Waals surface area contributed by atoms with Crippen molar-refractivity contribution in [2.45, 2.75) is 32.5 Å². The van der Waals surface area contributed by atoms with Crippen molar-refractivity contribution in [3.05, 3.63) is 23.4 Å². The lowest BCUT2D eigenvalue weighted by atomic mass is 10.1. The van der Waals surface area contributed by atoms with Crippen molar-refractivity contribution in [3.8, 4) is 5.88 Å². The molecule has 7 heteroatoms. The van der Waals surface area contributed by atoms with Crippen LogP contribution < -0.4 is 10.5 Å². The van der Waals surface area contributed by atoms with Crippen molar-refractivity contribution in [1.29, 1.82) is 5.41 Å². The normalized spacial score (nSPS) is 12.3. The topological polar surface area (TPSA) is 72.0 Å². The summed E-state index contributed by atoms with van der Waals surface area (Å²) in [6.07, 6.45) is -4.56. The Bertz CT molecular complexity index is 464. The van der Waals surface area contributed by atoms with Crippen LogP contribution in [0.25, 0.3) is 0 Å². The zero-order valence-electron chi connectivity index (χ0n) is 10.2. The highest BCUT2D eigenvalue weighted by Crippen LogP contribution is 2.31. The van der Waals surface area contributed by atoms with Crippen LogP contribution in [0, 0.1) is 5.41 Å². The first-order valence-electron chi connectivity index (χ1n) is 5.12. The maximum absolute atomic E-state index is 12.5. The highest BCUT2D eigenvalue weighted by molar-refractivity contribution is 5.97. The van der Waals surface area contributed by atoms with E-state index < -0.39 is 23.3 Å². The van der Waals surface area contributed by atoms with Gasteiger partial charge < -0.3 is 10.5 Å². The van der Waals surface area contributed by atoms with Crippen molar-refractivity contribution < 1.29 is 17.9 Å². The summed E-state index contributed by atoms with van der Waals surface area (Å²) in [5.41, 5.74) is 3.50. The Morgan fingerprint density at radius 3 is 2.22 bits per heavy atom. The van der Waals surface area contributed by atoms with Gasteiger partial charge in [-0.2, -0.15) is 13.2 Å². The molecule has 0 saturated carbocycles. The average Bonchev–Trinajstić information content (AvgIpc) is 2.12. The van der Waals surface area contributed by atoms with E-state index in [2.05, 4.69) is 4.98 Å². The minimum absolute atomic E-state index is 0.0397. The standard InChI is InChI=1S/C11H14F3N3O/c1-10(2,3)18-9-6(8(15)16)4-5-7(17-9)11(12,13)14/h4-5H,1-3H3,(H3,15,16). The number of hydrogen-bond donors (Lipinski definition) is 2. The molecule has 3 N–H and O–H groups in total. The Balaban J connectivity index is 3.29. The number of aromatic nitrogens is 1. The second-order valence-electron chi connectivity index (χ2n) is 4.68. The summed E-state index contributed by atoms with van der Waals surface area (Å²) < 4.78 is 42.9. The molecule has 1 heterocycles. The first-order chi connectivity index (χ1) is 8.00. The lowest BCUT2D eigenvalue weighted by molar-refractivity contribution is -0.141. The highest BCUT2D eigenvalue weighted by Gasteiger charge is 2.34. The largest absolute Gasteiger partial charge is 0.471 e. The maximum Gasteiger partial charge on any atom is 0.433 e. The Hall–Kier alpha value is -1.79. The van der Waals surface area contributed by atoms with Crippen molar-refractivity contribution in [2.75, 3.05) is 0 Å². The third-order valence-electron chi connectivity index (χ3n) is 1.84. The van der Waals surface area contributed by atoms with Gasteiger partial charge in [0.25, 0.3) is 0 Å². The molecule has 1 rings (SSSR count). The summed E-state index contributed by atoms with van der Waals surface area (Å²) in [5, 5.41) is 7.29. The van der Waals surface area contributed by atoms with Gasteiger partial charge in [-0.3, -0.25) is 5.41 Å². The smallest absolute Gasteiger partial charge is 0.433 e. The van der Waals surface area contributed by atoms with E-state index >= 15 is 0 Å². The molecule has 18 heavy (non-hydrogen) atoms. The molecule has 0 saturated heterocycles. The van der Waals surface area contributed by atoms with Gasteiger partial charge in [0, 0.05) is 0 Å². The van der Waals surface area contributed by atoms with Gasteiger partial charge in [-0.05, 0) is 32.9 Å². The number of nitrogens with one attached hydrogen (secondary N) is 1. The minimum Gasteiger partial charge on any atom is -0.471 e. The summed E-state index contributed by atoms with van der Waals surface area (Å²) in [6.45, 7) is 5.00. The van der Waals surface area contributed by atoms with E-state index in [1.54, 1.807) is 20.8 Å². The molecule has 1 aromatic rings. The second-order valence-corrected chi connectivity index (χ2v) is 4.68. The number of ether oxygens (including phenoxy) is 1. The van der Waals surface area contributed by atoms with Crippen molar-refractivity contribution >= 4 is 5.84 Å². The number of pyridine rings is 1. The molecule has 4 nitrogen and oxygen atoms in total. The molecule has 0 aromatic carbocycles. The van der Waals surface area contributed by atoms with E-state index in [9.17, 15) is 13.2 Å². The number of halogens is 3. The number of alkyl halides is 3. The van der Waals surface area contributed by atoms with Gasteiger partial charge in [0.2, 0.25) is 5.88 Å². The van der Waals surface area contributed by atoms with E-state index in [1.807, 2.05) is 0 Å². The molecular weight excluding hydrogens is 247 g/mol. The Morgan fingerprint density at radius 1 is 1.28 bits per heavy atom. The molecule has 100 valence electrons. The average molecular weight is 261 g/mol. The number of hydrogen-bond acceptors (Lipinski definition) is 3. The first-order valence-corrected chi connectivity index (χ1v) is 5.12. The molecular formula is C11H14F3N3O. The number of nitrogens with zero attached hydrogens (tertiary/aromatic N) is 1. The molecule has 0 bridgehead atoms. The van der Waals surface area contributed by atoms with E-state index in [1.165, 1.54) is 0 Å². The molecule has 0 fully saturated rings. The first kappa shape index (κ1) is 14.3. The molecule has 0 spiro atoms. The van der Waals surface area contributed by atoms with Gasteiger partial charge in [-0.1, -0.05) is 0 Å². The van der Waals surface area contributed by atoms with E-state index in [-0.39, 0.29) is 11.4 Å². The summed E-state index contributed by atoms with van der Waals surface area (Å²) in [4.78, 5) is 3.38. The molecule has 0 atom stereocenters. The van der Waals surface area contributed by atoms with Crippen LogP contribution >= 0.6 is 0 Å². The van der Waals surface area contributed by atoms with Gasteiger partial charge in [0.15, 0.2) is 0 Å². The van der Waals surface area contributed by atoms with Gasteiger partial charge in [0.1, 0.15) is 17.1 Å². The van der Waals surface area contributed by atoms with Gasteiger partial charge in [-0.25, -0.2) is 4.98 Å². The number of nitrogen functional groups attached to an aromatic ring is 1. The molecule has 0 aliphatic rings. The van der Waals surface area contributed by atoms with Crippen LogP contribution in [0.4, 0.5) is 13.2 Å². The fourth-order valence-corrected chi connectivity index (χ4v) is 1.17. The van der Waals surface area contributed by atoms with E-state index in [0.717, 1.165) is 12.1 Å². The quantitative estimate of drug-likeness (QED) is 0.634. The molecule has 0 aliphatic heterocycles. The summed E-state index contributed by atoms with van der Waals surface area (Å²) in [7, 11) is 0. The van der Waals surface area contributed by atoms with Crippen molar-refractivity contribution in [1.82, 2.24) is 4.98 Å². The summed E-state index contributed by atoms with van der Waals surface area (Å²) in [5.74, 6) is -0.680. The van der Waals surface area contributed by atoms with Crippen LogP contribution in [0.3, 0.4) is 0 Å². The SMILES string of the molecule is CC(C)(C)Oc1nc(C(F)(F)F)ccc1C(=N)N. The zero-order valence-corrected chi connectivity index (χ0v) is 10.2. The maximum atomic E-state index is 12.5. The molecule has 0 unspecified atom stereocenters. The number of rotatable bonds is 2. The van der Waals surface area contributed by atoms with Gasteiger partial charge in [0.05, 0.1) is 5.56 Å². The summed E-state index contributed by atoms with van der Waals surface area (Å²) in [6, 6.07) is 1.85. The Kier molecular flexibility index (Phi) is 3.54. The fraction of sp³-hybridized carbons (Fsp3) is 0.455. The minimum atomic E-state index is -4.56. The van der Waals surface area contributed by atoms with Crippen LogP contribution in [-0.4, -0.2) is 16.4 Å². The van der Waals surface area contributed by atoms with Crippen LogP contribution in [-0.2, 0) is 6.18 Å². The van der Waals surface area contributed by atoms with Gasteiger partial charge >= 0.3 is 6.18 Å².